The summed E-state index contributed by atoms with van der Waals surface area (Å²) in [5, 5.41) is 2.93. The Bertz CT molecular complexity index is 956. The number of hydrogen-bond acceptors (Lipinski definition) is 4. The zero-order valence-electron chi connectivity index (χ0n) is 16.8. The highest BCUT2D eigenvalue weighted by Crippen LogP contribution is 2.27. The summed E-state index contributed by atoms with van der Waals surface area (Å²) in [6, 6.07) is 14.7. The van der Waals surface area contributed by atoms with E-state index < -0.39 is 0 Å². The average Bonchev–Trinajstić information content (AvgIpc) is 3.44. The van der Waals surface area contributed by atoms with Gasteiger partial charge in [-0.15, -0.1) is 11.8 Å². The minimum atomic E-state index is -0.225. The Morgan fingerprint density at radius 3 is 2.53 bits per heavy atom. The number of rotatable bonds is 6. The number of thioether (sulfide) groups is 1. The molecule has 156 valence electrons. The molecule has 0 aliphatic carbocycles. The van der Waals surface area contributed by atoms with Gasteiger partial charge >= 0.3 is 0 Å². The molecular weight excluding hydrogens is 398 g/mol. The van der Waals surface area contributed by atoms with Crippen LogP contribution in [0.1, 0.15) is 36.0 Å². The number of nitrogens with zero attached hydrogens (tertiary/aromatic N) is 2. The van der Waals surface area contributed by atoms with E-state index in [0.717, 1.165) is 42.9 Å². The molecule has 1 N–H and O–H groups in total. The largest absolute Gasteiger partial charge is 0.342 e. The Labute approximate surface area is 180 Å². The van der Waals surface area contributed by atoms with Gasteiger partial charge < -0.3 is 15.1 Å². The number of likely N-dealkylation sites (tertiary alicyclic amines) is 1. The van der Waals surface area contributed by atoms with Crippen molar-refractivity contribution in [3.05, 3.63) is 54.1 Å². The van der Waals surface area contributed by atoms with E-state index in [-0.39, 0.29) is 17.7 Å². The van der Waals surface area contributed by atoms with Gasteiger partial charge in [0.05, 0.1) is 11.3 Å². The first kappa shape index (κ1) is 20.5. The Hall–Kier alpha value is -2.80. The second-order valence-corrected chi connectivity index (χ2v) is 8.54. The predicted molar refractivity (Wildman–Crippen MR) is 119 cm³/mol. The fourth-order valence-corrected chi connectivity index (χ4v) is 4.80. The number of carbonyl (C=O) groups excluding carboxylic acids is 3. The lowest BCUT2D eigenvalue weighted by Gasteiger charge is -2.17. The van der Waals surface area contributed by atoms with Crippen LogP contribution in [0.25, 0.3) is 0 Å². The highest BCUT2D eigenvalue weighted by Gasteiger charge is 2.22. The molecule has 0 radical (unpaired) electrons. The van der Waals surface area contributed by atoms with Crippen LogP contribution in [0.15, 0.2) is 53.4 Å². The van der Waals surface area contributed by atoms with Crippen molar-refractivity contribution in [3.63, 3.8) is 0 Å². The first-order valence-electron chi connectivity index (χ1n) is 10.3. The molecule has 0 unspecified atom stereocenters. The van der Waals surface area contributed by atoms with E-state index in [1.165, 1.54) is 11.8 Å². The molecule has 2 fully saturated rings. The lowest BCUT2D eigenvalue weighted by Crippen LogP contribution is -2.29. The lowest BCUT2D eigenvalue weighted by atomic mass is 10.2. The molecule has 0 spiro atoms. The third kappa shape index (κ3) is 4.67. The van der Waals surface area contributed by atoms with E-state index in [2.05, 4.69) is 5.32 Å². The molecule has 6 nitrogen and oxygen atoms in total. The van der Waals surface area contributed by atoms with Gasteiger partial charge in [-0.05, 0) is 49.6 Å². The standard InChI is InChI=1S/C23H25N3O3S/c27-21-11-6-14-26(21)18-8-5-7-17(15-18)24-23(29)19-9-1-2-10-20(19)30-16-22(28)25-12-3-4-13-25/h1-2,5,7-10,15H,3-4,6,11-14,16H2,(H,24,29). The number of amides is 3. The van der Waals surface area contributed by atoms with Crippen LogP contribution in [0, 0.1) is 0 Å². The molecule has 0 atom stereocenters. The second kappa shape index (κ2) is 9.34. The van der Waals surface area contributed by atoms with Gasteiger partial charge in [-0.1, -0.05) is 18.2 Å². The van der Waals surface area contributed by atoms with Crippen LogP contribution in [0.2, 0.25) is 0 Å². The SMILES string of the molecule is O=C(Nc1cccc(N2CCCC2=O)c1)c1ccccc1SCC(=O)N1CCCC1. The van der Waals surface area contributed by atoms with Crippen molar-refractivity contribution >= 4 is 40.9 Å². The van der Waals surface area contributed by atoms with Crippen molar-refractivity contribution in [1.82, 2.24) is 4.90 Å². The second-order valence-electron chi connectivity index (χ2n) is 7.53. The molecule has 2 saturated heterocycles. The van der Waals surface area contributed by atoms with E-state index in [4.69, 9.17) is 0 Å². The smallest absolute Gasteiger partial charge is 0.256 e. The number of anilines is 2. The fourth-order valence-electron chi connectivity index (χ4n) is 3.85. The lowest BCUT2D eigenvalue weighted by molar-refractivity contribution is -0.127. The minimum Gasteiger partial charge on any atom is -0.342 e. The summed E-state index contributed by atoms with van der Waals surface area (Å²) in [6.45, 7) is 2.37. The summed E-state index contributed by atoms with van der Waals surface area (Å²) in [4.78, 5) is 41.7. The monoisotopic (exact) mass is 423 g/mol. The van der Waals surface area contributed by atoms with Crippen LogP contribution in [-0.4, -0.2) is 48.0 Å². The quantitative estimate of drug-likeness (QED) is 0.718. The van der Waals surface area contributed by atoms with Gasteiger partial charge in [0, 0.05) is 42.3 Å². The van der Waals surface area contributed by atoms with E-state index in [1.54, 1.807) is 11.0 Å². The van der Waals surface area contributed by atoms with E-state index in [9.17, 15) is 14.4 Å². The third-order valence-corrected chi connectivity index (χ3v) is 6.49. The summed E-state index contributed by atoms with van der Waals surface area (Å²) >= 11 is 1.40. The van der Waals surface area contributed by atoms with Crippen LogP contribution in [0.5, 0.6) is 0 Å². The maximum atomic E-state index is 12.9. The molecule has 2 aliphatic heterocycles. The van der Waals surface area contributed by atoms with Gasteiger partial charge in [-0.2, -0.15) is 0 Å². The Morgan fingerprint density at radius 2 is 1.77 bits per heavy atom. The average molecular weight is 424 g/mol. The third-order valence-electron chi connectivity index (χ3n) is 5.43. The van der Waals surface area contributed by atoms with Crippen molar-refractivity contribution in [2.45, 2.75) is 30.6 Å². The molecule has 0 saturated carbocycles. The zero-order valence-corrected chi connectivity index (χ0v) is 17.6. The first-order valence-corrected chi connectivity index (χ1v) is 11.3. The molecule has 2 aliphatic rings. The summed E-state index contributed by atoms with van der Waals surface area (Å²) in [6.07, 6.45) is 3.56. The van der Waals surface area contributed by atoms with Gasteiger partial charge in [0.1, 0.15) is 0 Å². The van der Waals surface area contributed by atoms with Crippen molar-refractivity contribution in [1.29, 1.82) is 0 Å². The molecule has 3 amide bonds. The summed E-state index contributed by atoms with van der Waals surface area (Å²) < 4.78 is 0. The maximum Gasteiger partial charge on any atom is 0.256 e. The van der Waals surface area contributed by atoms with Crippen molar-refractivity contribution in [2.24, 2.45) is 0 Å². The zero-order chi connectivity index (χ0) is 20.9. The molecule has 2 aromatic rings. The Balaban J connectivity index is 1.43. The van der Waals surface area contributed by atoms with Crippen LogP contribution in [0.4, 0.5) is 11.4 Å². The topological polar surface area (TPSA) is 69.7 Å². The molecule has 0 aromatic heterocycles. The van der Waals surface area contributed by atoms with Gasteiger partial charge in [-0.25, -0.2) is 0 Å². The molecule has 2 heterocycles. The number of benzene rings is 2. The van der Waals surface area contributed by atoms with Crippen molar-refractivity contribution < 1.29 is 14.4 Å². The molecule has 0 bridgehead atoms. The normalized spacial score (nSPS) is 16.2. The fraction of sp³-hybridized carbons (Fsp3) is 0.348. The maximum absolute atomic E-state index is 12.9. The predicted octanol–water partition coefficient (Wildman–Crippen LogP) is 3.78. The number of nitrogens with one attached hydrogen (secondary N) is 1. The van der Waals surface area contributed by atoms with Crippen molar-refractivity contribution in [2.75, 3.05) is 35.6 Å². The Kier molecular flexibility index (Phi) is 6.38. The van der Waals surface area contributed by atoms with Crippen LogP contribution >= 0.6 is 11.8 Å². The highest BCUT2D eigenvalue weighted by molar-refractivity contribution is 8.00. The van der Waals surface area contributed by atoms with E-state index in [0.29, 0.717) is 30.0 Å². The summed E-state index contributed by atoms with van der Waals surface area (Å²) in [7, 11) is 0. The highest BCUT2D eigenvalue weighted by atomic mass is 32.2. The van der Waals surface area contributed by atoms with Gasteiger partial charge in [0.15, 0.2) is 0 Å². The van der Waals surface area contributed by atoms with E-state index in [1.807, 2.05) is 47.4 Å². The minimum absolute atomic E-state index is 0.114. The first-order chi connectivity index (χ1) is 14.6. The Morgan fingerprint density at radius 1 is 0.967 bits per heavy atom. The number of hydrogen-bond donors (Lipinski definition) is 1. The molecular formula is C23H25N3O3S. The molecule has 2 aromatic carbocycles. The van der Waals surface area contributed by atoms with Gasteiger partial charge in [0.25, 0.3) is 5.91 Å². The molecule has 7 heteroatoms. The van der Waals surface area contributed by atoms with Gasteiger partial charge in [-0.3, -0.25) is 14.4 Å². The van der Waals surface area contributed by atoms with Crippen LogP contribution in [0.3, 0.4) is 0 Å². The summed E-state index contributed by atoms with van der Waals surface area (Å²) in [5.41, 5.74) is 1.98. The van der Waals surface area contributed by atoms with Crippen LogP contribution < -0.4 is 10.2 Å². The molecule has 30 heavy (non-hydrogen) atoms. The van der Waals surface area contributed by atoms with Crippen LogP contribution in [-0.2, 0) is 9.59 Å². The summed E-state index contributed by atoms with van der Waals surface area (Å²) in [5.74, 6) is 0.340. The number of carbonyl (C=O) groups is 3. The van der Waals surface area contributed by atoms with Gasteiger partial charge in [0.2, 0.25) is 11.8 Å². The molecule has 4 rings (SSSR count). The van der Waals surface area contributed by atoms with Crippen molar-refractivity contribution in [3.8, 4) is 0 Å². The van der Waals surface area contributed by atoms with E-state index >= 15 is 0 Å².